The molecule has 2 fully saturated rings. The third kappa shape index (κ3) is 1.95. The lowest BCUT2D eigenvalue weighted by Crippen LogP contribution is -2.64. The maximum Gasteiger partial charge on any atom is 0.265 e. The molecule has 110 valence electrons. The average Bonchev–Trinajstić information content (AvgIpc) is 3.07. The number of aryl methyl sites for hydroxylation is 1. The van der Waals surface area contributed by atoms with Gasteiger partial charge in [0.1, 0.15) is 10.6 Å². The molecule has 0 unspecified atom stereocenters. The molecule has 0 bridgehead atoms. The van der Waals surface area contributed by atoms with E-state index in [2.05, 4.69) is 0 Å². The number of carbonyl (C=O) groups is 1. The van der Waals surface area contributed by atoms with Crippen molar-refractivity contribution in [3.05, 3.63) is 18.0 Å². The number of nitrogens with two attached hydrogens (primary N) is 1. The van der Waals surface area contributed by atoms with Crippen LogP contribution in [0, 0.1) is 5.92 Å². The Hall–Kier alpha value is -1.38. The van der Waals surface area contributed by atoms with Gasteiger partial charge in [-0.1, -0.05) is 0 Å². The number of primary amides is 1. The molecule has 0 radical (unpaired) electrons. The second-order valence-corrected chi connectivity index (χ2v) is 7.63. The molecule has 2 heterocycles. The van der Waals surface area contributed by atoms with Gasteiger partial charge in [0, 0.05) is 26.3 Å². The topological polar surface area (TPSA) is 106 Å². The summed E-state index contributed by atoms with van der Waals surface area (Å²) >= 11 is 0. The second kappa shape index (κ2) is 4.06. The van der Waals surface area contributed by atoms with Crippen LogP contribution in [0.3, 0.4) is 0 Å². The molecule has 0 atom stereocenters. The Bertz CT molecular complexity index is 669. The van der Waals surface area contributed by atoms with Gasteiger partial charge in [0.15, 0.2) is 0 Å². The highest BCUT2D eigenvalue weighted by atomic mass is 32.2. The zero-order chi connectivity index (χ0) is 14.7. The first-order valence-corrected chi connectivity index (χ1v) is 7.87. The van der Waals surface area contributed by atoms with Gasteiger partial charge in [0.2, 0.25) is 10.0 Å². The van der Waals surface area contributed by atoms with E-state index in [0.717, 1.165) is 12.8 Å². The van der Waals surface area contributed by atoms with Crippen LogP contribution in [-0.2, 0) is 17.1 Å². The summed E-state index contributed by atoms with van der Waals surface area (Å²) in [5, 5.41) is 10.2. The minimum absolute atomic E-state index is 0.0339. The van der Waals surface area contributed by atoms with Crippen molar-refractivity contribution in [2.75, 3.05) is 13.1 Å². The van der Waals surface area contributed by atoms with Crippen LogP contribution >= 0.6 is 0 Å². The Labute approximate surface area is 117 Å². The fourth-order valence-electron chi connectivity index (χ4n) is 2.68. The molecule has 1 aromatic heterocycles. The standard InChI is InChI=1S/C12H17N3O4S/c1-14-5-9(4-10(14)11(13)16)20(18,19)15-6-12(17,7-15)8-2-3-8/h4-5,8,17H,2-3,6-7H2,1H3,(H2,13,16). The predicted octanol–water partition coefficient (Wildman–Crippen LogP) is -0.731. The lowest BCUT2D eigenvalue weighted by molar-refractivity contribution is -0.0764. The van der Waals surface area contributed by atoms with Crippen LogP contribution in [0.1, 0.15) is 23.3 Å². The van der Waals surface area contributed by atoms with Gasteiger partial charge in [0.25, 0.3) is 5.91 Å². The number of aliphatic hydroxyl groups is 1. The predicted molar refractivity (Wildman–Crippen MR) is 70.4 cm³/mol. The molecule has 3 N–H and O–H groups in total. The second-order valence-electron chi connectivity index (χ2n) is 5.69. The number of carbonyl (C=O) groups excluding carboxylic acids is 1. The molecule has 1 saturated carbocycles. The van der Waals surface area contributed by atoms with Gasteiger partial charge < -0.3 is 15.4 Å². The van der Waals surface area contributed by atoms with Crippen molar-refractivity contribution in [3.63, 3.8) is 0 Å². The monoisotopic (exact) mass is 299 g/mol. The summed E-state index contributed by atoms with van der Waals surface area (Å²) in [6.45, 7) is 0.252. The number of rotatable bonds is 4. The molecule has 1 aromatic rings. The first-order chi connectivity index (χ1) is 9.24. The van der Waals surface area contributed by atoms with E-state index in [-0.39, 0.29) is 29.6 Å². The van der Waals surface area contributed by atoms with E-state index in [1.54, 1.807) is 7.05 Å². The van der Waals surface area contributed by atoms with Gasteiger partial charge in [-0.3, -0.25) is 4.79 Å². The van der Waals surface area contributed by atoms with E-state index in [1.165, 1.54) is 21.1 Å². The molecule has 20 heavy (non-hydrogen) atoms. The van der Waals surface area contributed by atoms with Crippen molar-refractivity contribution < 1.29 is 18.3 Å². The fraction of sp³-hybridized carbons (Fsp3) is 0.583. The molecule has 1 amide bonds. The zero-order valence-electron chi connectivity index (χ0n) is 11.1. The van der Waals surface area contributed by atoms with Gasteiger partial charge in [0.05, 0.1) is 5.60 Å². The summed E-state index contributed by atoms with van der Waals surface area (Å²) in [4.78, 5) is 11.2. The highest BCUT2D eigenvalue weighted by Crippen LogP contribution is 2.45. The van der Waals surface area contributed by atoms with Crippen molar-refractivity contribution in [2.45, 2.75) is 23.3 Å². The largest absolute Gasteiger partial charge is 0.387 e. The van der Waals surface area contributed by atoms with Crippen LogP contribution in [0.4, 0.5) is 0 Å². The van der Waals surface area contributed by atoms with Gasteiger partial charge in [-0.25, -0.2) is 8.42 Å². The highest BCUT2D eigenvalue weighted by molar-refractivity contribution is 7.89. The Morgan fingerprint density at radius 2 is 2.05 bits per heavy atom. The third-order valence-electron chi connectivity index (χ3n) is 4.11. The maximum absolute atomic E-state index is 12.4. The first-order valence-electron chi connectivity index (χ1n) is 6.43. The van der Waals surface area contributed by atoms with Crippen molar-refractivity contribution in [1.29, 1.82) is 0 Å². The van der Waals surface area contributed by atoms with E-state index in [0.29, 0.717) is 0 Å². The summed E-state index contributed by atoms with van der Waals surface area (Å²) in [7, 11) is -2.10. The number of aromatic nitrogens is 1. The zero-order valence-corrected chi connectivity index (χ0v) is 11.9. The molecule has 1 saturated heterocycles. The Balaban J connectivity index is 1.83. The normalized spacial score (nSPS) is 22.5. The van der Waals surface area contributed by atoms with Crippen LogP contribution in [-0.4, -0.2) is 47.0 Å². The van der Waals surface area contributed by atoms with E-state index < -0.39 is 21.5 Å². The smallest absolute Gasteiger partial charge is 0.265 e. The van der Waals surface area contributed by atoms with E-state index >= 15 is 0 Å². The molecule has 1 aliphatic carbocycles. The van der Waals surface area contributed by atoms with Crippen LogP contribution in [0.2, 0.25) is 0 Å². The molecule has 1 aliphatic heterocycles. The van der Waals surface area contributed by atoms with Gasteiger partial charge >= 0.3 is 0 Å². The lowest BCUT2D eigenvalue weighted by atomic mass is 9.91. The number of hydrogen-bond donors (Lipinski definition) is 2. The minimum atomic E-state index is -3.67. The Kier molecular flexibility index (Phi) is 2.76. The molecule has 7 nitrogen and oxygen atoms in total. The number of hydrogen-bond acceptors (Lipinski definition) is 4. The summed E-state index contributed by atoms with van der Waals surface area (Å²) in [6, 6.07) is 1.27. The minimum Gasteiger partial charge on any atom is -0.387 e. The lowest BCUT2D eigenvalue weighted by Gasteiger charge is -2.45. The average molecular weight is 299 g/mol. The van der Waals surface area contributed by atoms with Crippen molar-refractivity contribution in [2.24, 2.45) is 18.7 Å². The Morgan fingerprint density at radius 1 is 1.45 bits per heavy atom. The molecule has 2 aliphatic rings. The van der Waals surface area contributed by atoms with E-state index in [4.69, 9.17) is 5.73 Å². The number of amides is 1. The summed E-state index contributed by atoms with van der Waals surface area (Å²) in [5.41, 5.74) is 4.45. The Morgan fingerprint density at radius 3 is 2.50 bits per heavy atom. The molecule has 0 aromatic carbocycles. The van der Waals surface area contributed by atoms with Crippen molar-refractivity contribution in [1.82, 2.24) is 8.87 Å². The van der Waals surface area contributed by atoms with Crippen molar-refractivity contribution >= 4 is 15.9 Å². The molecule has 3 rings (SSSR count). The van der Waals surface area contributed by atoms with Gasteiger partial charge in [-0.2, -0.15) is 4.31 Å². The number of β-amino-alcohol motifs (C(OH)–C–C–N with tert-alkyl or cyclic N) is 1. The van der Waals surface area contributed by atoms with Crippen LogP contribution in [0.25, 0.3) is 0 Å². The molecular formula is C12H17N3O4S. The van der Waals surface area contributed by atoms with E-state index in [9.17, 15) is 18.3 Å². The molecular weight excluding hydrogens is 282 g/mol. The summed E-state index contributed by atoms with van der Waals surface area (Å²) < 4.78 is 27.4. The maximum atomic E-state index is 12.4. The number of nitrogens with zero attached hydrogens (tertiary/aromatic N) is 2. The van der Waals surface area contributed by atoms with Crippen LogP contribution in [0.5, 0.6) is 0 Å². The number of sulfonamides is 1. The molecule has 0 spiro atoms. The summed E-state index contributed by atoms with van der Waals surface area (Å²) in [6.07, 6.45) is 3.28. The van der Waals surface area contributed by atoms with Crippen LogP contribution < -0.4 is 5.73 Å². The molecule has 8 heteroatoms. The van der Waals surface area contributed by atoms with Gasteiger partial charge in [-0.05, 0) is 24.8 Å². The highest BCUT2D eigenvalue weighted by Gasteiger charge is 2.55. The fourth-order valence-corrected chi connectivity index (χ4v) is 4.32. The SMILES string of the molecule is Cn1cc(S(=O)(=O)N2CC(O)(C3CC3)C2)cc1C(N)=O. The quantitative estimate of drug-likeness (QED) is 0.764. The van der Waals surface area contributed by atoms with Crippen LogP contribution in [0.15, 0.2) is 17.2 Å². The van der Waals surface area contributed by atoms with E-state index in [1.807, 2.05) is 0 Å². The van der Waals surface area contributed by atoms with Gasteiger partial charge in [-0.15, -0.1) is 0 Å². The summed E-state index contributed by atoms with van der Waals surface area (Å²) in [5.74, 6) is -0.446. The first kappa shape index (κ1) is 13.6. The van der Waals surface area contributed by atoms with Crippen molar-refractivity contribution in [3.8, 4) is 0 Å². The third-order valence-corrected chi connectivity index (χ3v) is 5.86.